The number of aryl methyl sites for hydroxylation is 1. The van der Waals surface area contributed by atoms with Gasteiger partial charge in [-0.1, -0.05) is 0 Å². The highest BCUT2D eigenvalue weighted by Crippen LogP contribution is 2.17. The Morgan fingerprint density at radius 3 is 3.06 bits per heavy atom. The first-order valence-electron chi connectivity index (χ1n) is 5.23. The summed E-state index contributed by atoms with van der Waals surface area (Å²) in [6.07, 6.45) is 1.96. The monoisotopic (exact) mass is 225 g/mol. The summed E-state index contributed by atoms with van der Waals surface area (Å²) in [6.45, 7) is 2.79. The van der Waals surface area contributed by atoms with Gasteiger partial charge in [0.2, 0.25) is 0 Å². The normalized spacial score (nSPS) is 24.6. The summed E-state index contributed by atoms with van der Waals surface area (Å²) < 4.78 is 10.1. The number of carbonyl (C=O) groups excluding carboxylic acids is 1. The summed E-state index contributed by atoms with van der Waals surface area (Å²) in [7, 11) is 0. The van der Waals surface area contributed by atoms with Crippen LogP contribution in [0.1, 0.15) is 22.5 Å². The van der Waals surface area contributed by atoms with E-state index in [4.69, 9.17) is 9.15 Å². The van der Waals surface area contributed by atoms with E-state index in [0.717, 1.165) is 0 Å². The van der Waals surface area contributed by atoms with Crippen LogP contribution in [0.2, 0.25) is 0 Å². The van der Waals surface area contributed by atoms with Gasteiger partial charge in [0.15, 0.2) is 0 Å². The van der Waals surface area contributed by atoms with Crippen LogP contribution < -0.4 is 5.32 Å². The van der Waals surface area contributed by atoms with Crippen LogP contribution in [0, 0.1) is 6.92 Å². The second kappa shape index (κ2) is 4.27. The Bertz CT molecular complexity index is 379. The molecular formula is C11H15NO4. The number of aliphatic hydroxyl groups is 1. The average molecular weight is 225 g/mol. The van der Waals surface area contributed by atoms with Crippen molar-refractivity contribution in [2.24, 2.45) is 0 Å². The van der Waals surface area contributed by atoms with Gasteiger partial charge in [0, 0.05) is 19.6 Å². The summed E-state index contributed by atoms with van der Waals surface area (Å²) >= 11 is 0. The van der Waals surface area contributed by atoms with E-state index in [1.165, 1.54) is 6.26 Å². The highest BCUT2D eigenvalue weighted by Gasteiger charge is 2.32. The topological polar surface area (TPSA) is 71.7 Å². The van der Waals surface area contributed by atoms with Crippen molar-refractivity contribution in [2.45, 2.75) is 18.9 Å². The third-order valence-electron chi connectivity index (χ3n) is 2.65. The van der Waals surface area contributed by atoms with Crippen LogP contribution in [-0.4, -0.2) is 36.4 Å². The van der Waals surface area contributed by atoms with Crippen molar-refractivity contribution in [3.05, 3.63) is 23.7 Å². The van der Waals surface area contributed by atoms with Crippen LogP contribution in [-0.2, 0) is 4.74 Å². The lowest BCUT2D eigenvalue weighted by molar-refractivity contribution is 0.0264. The lowest BCUT2D eigenvalue weighted by Crippen LogP contribution is -2.43. The van der Waals surface area contributed by atoms with Gasteiger partial charge in [-0.25, -0.2) is 0 Å². The zero-order valence-electron chi connectivity index (χ0n) is 9.16. The van der Waals surface area contributed by atoms with Gasteiger partial charge in [-0.05, 0) is 13.0 Å². The molecule has 16 heavy (non-hydrogen) atoms. The predicted octanol–water partition coefficient (Wildman–Crippen LogP) is 0.469. The van der Waals surface area contributed by atoms with Crippen LogP contribution in [0.3, 0.4) is 0 Å². The van der Waals surface area contributed by atoms with Crippen LogP contribution in [0.25, 0.3) is 0 Å². The number of ether oxygens (including phenoxy) is 1. The summed E-state index contributed by atoms with van der Waals surface area (Å²) in [6, 6.07) is 1.66. The lowest BCUT2D eigenvalue weighted by atomic mass is 10.0. The van der Waals surface area contributed by atoms with Crippen LogP contribution in [0.4, 0.5) is 0 Å². The molecule has 0 aliphatic carbocycles. The van der Waals surface area contributed by atoms with Crippen LogP contribution in [0.5, 0.6) is 0 Å². The molecule has 1 atom stereocenters. The van der Waals surface area contributed by atoms with Gasteiger partial charge in [-0.2, -0.15) is 0 Å². The van der Waals surface area contributed by atoms with E-state index in [9.17, 15) is 9.90 Å². The van der Waals surface area contributed by atoms with Crippen molar-refractivity contribution in [3.8, 4) is 0 Å². The standard InChI is InChI=1S/C11H15NO4/c1-8-4-9(5-16-8)10(13)12-6-11(14)2-3-15-7-11/h4-5,14H,2-3,6-7H2,1H3,(H,12,13). The summed E-state index contributed by atoms with van der Waals surface area (Å²) in [5.74, 6) is 0.449. The fourth-order valence-electron chi connectivity index (χ4n) is 1.65. The minimum absolute atomic E-state index is 0.204. The van der Waals surface area contributed by atoms with E-state index in [0.29, 0.717) is 24.4 Å². The zero-order chi connectivity index (χ0) is 11.6. The number of nitrogens with one attached hydrogen (secondary N) is 1. The fraction of sp³-hybridized carbons (Fsp3) is 0.545. The molecule has 1 aromatic rings. The van der Waals surface area contributed by atoms with Crippen LogP contribution >= 0.6 is 0 Å². The minimum atomic E-state index is -0.922. The molecule has 5 nitrogen and oxygen atoms in total. The molecule has 1 unspecified atom stereocenters. The third kappa shape index (κ3) is 2.43. The Labute approximate surface area is 93.4 Å². The Morgan fingerprint density at radius 1 is 1.69 bits per heavy atom. The van der Waals surface area contributed by atoms with Crippen molar-refractivity contribution in [1.82, 2.24) is 5.32 Å². The van der Waals surface area contributed by atoms with Gasteiger partial charge in [-0.15, -0.1) is 0 Å². The number of hydrogen-bond acceptors (Lipinski definition) is 4. The molecular weight excluding hydrogens is 210 g/mol. The molecule has 2 N–H and O–H groups in total. The van der Waals surface area contributed by atoms with Gasteiger partial charge in [-0.3, -0.25) is 4.79 Å². The molecule has 2 rings (SSSR count). The molecule has 1 aliphatic heterocycles. The molecule has 0 radical (unpaired) electrons. The van der Waals surface area contributed by atoms with Crippen LogP contribution in [0.15, 0.2) is 16.7 Å². The Morgan fingerprint density at radius 2 is 2.50 bits per heavy atom. The molecule has 1 saturated heterocycles. The molecule has 88 valence electrons. The van der Waals surface area contributed by atoms with E-state index < -0.39 is 5.60 Å². The molecule has 2 heterocycles. The van der Waals surface area contributed by atoms with Crippen molar-refractivity contribution >= 4 is 5.91 Å². The third-order valence-corrected chi connectivity index (χ3v) is 2.65. The van der Waals surface area contributed by atoms with E-state index in [-0.39, 0.29) is 19.1 Å². The maximum absolute atomic E-state index is 11.6. The van der Waals surface area contributed by atoms with Gasteiger partial charge in [0.25, 0.3) is 5.91 Å². The molecule has 1 aromatic heterocycles. The summed E-state index contributed by atoms with van der Waals surface area (Å²) in [5.41, 5.74) is -0.450. The number of amides is 1. The molecule has 0 bridgehead atoms. The number of furan rings is 1. The van der Waals surface area contributed by atoms with Crippen molar-refractivity contribution in [2.75, 3.05) is 19.8 Å². The van der Waals surface area contributed by atoms with Gasteiger partial charge < -0.3 is 19.6 Å². The van der Waals surface area contributed by atoms with Crippen molar-refractivity contribution in [1.29, 1.82) is 0 Å². The predicted molar refractivity (Wildman–Crippen MR) is 56.2 cm³/mol. The minimum Gasteiger partial charge on any atom is -0.469 e. The number of carbonyl (C=O) groups is 1. The second-order valence-corrected chi connectivity index (χ2v) is 4.16. The quantitative estimate of drug-likeness (QED) is 0.784. The van der Waals surface area contributed by atoms with E-state index in [2.05, 4.69) is 5.32 Å². The van der Waals surface area contributed by atoms with Gasteiger partial charge in [0.1, 0.15) is 17.6 Å². The van der Waals surface area contributed by atoms with E-state index >= 15 is 0 Å². The smallest absolute Gasteiger partial charge is 0.254 e. The first-order valence-corrected chi connectivity index (χ1v) is 5.23. The van der Waals surface area contributed by atoms with E-state index in [1.807, 2.05) is 0 Å². The zero-order valence-corrected chi connectivity index (χ0v) is 9.16. The largest absolute Gasteiger partial charge is 0.469 e. The number of hydrogen-bond donors (Lipinski definition) is 2. The molecule has 5 heteroatoms. The Kier molecular flexibility index (Phi) is 2.98. The summed E-state index contributed by atoms with van der Waals surface area (Å²) in [4.78, 5) is 11.6. The SMILES string of the molecule is Cc1cc(C(=O)NCC2(O)CCOC2)co1. The van der Waals surface area contributed by atoms with Gasteiger partial charge in [0.05, 0.1) is 12.2 Å². The second-order valence-electron chi connectivity index (χ2n) is 4.16. The fourth-order valence-corrected chi connectivity index (χ4v) is 1.65. The Balaban J connectivity index is 1.88. The molecule has 1 amide bonds. The number of rotatable bonds is 3. The van der Waals surface area contributed by atoms with Crippen molar-refractivity contribution < 1.29 is 19.1 Å². The maximum atomic E-state index is 11.6. The molecule has 0 aromatic carbocycles. The first kappa shape index (κ1) is 11.2. The lowest BCUT2D eigenvalue weighted by Gasteiger charge is -2.20. The molecule has 0 saturated carbocycles. The average Bonchev–Trinajstić information content (AvgIpc) is 2.85. The molecule has 1 fully saturated rings. The molecule has 1 aliphatic rings. The maximum Gasteiger partial charge on any atom is 0.254 e. The van der Waals surface area contributed by atoms with Gasteiger partial charge >= 0.3 is 0 Å². The highest BCUT2D eigenvalue weighted by atomic mass is 16.5. The molecule has 0 spiro atoms. The summed E-state index contributed by atoms with van der Waals surface area (Å²) in [5, 5.41) is 12.6. The first-order chi connectivity index (χ1) is 7.59. The Hall–Kier alpha value is -1.33. The van der Waals surface area contributed by atoms with Crippen molar-refractivity contribution in [3.63, 3.8) is 0 Å². The highest BCUT2D eigenvalue weighted by molar-refractivity contribution is 5.93. The van der Waals surface area contributed by atoms with E-state index in [1.54, 1.807) is 13.0 Å².